The Morgan fingerprint density at radius 3 is 2.82 bits per heavy atom. The highest BCUT2D eigenvalue weighted by atomic mass is 35.5. The fourth-order valence-corrected chi connectivity index (χ4v) is 5.40. The molecule has 0 bridgehead atoms. The first kappa shape index (κ1) is 23.1. The van der Waals surface area contributed by atoms with Crippen LogP contribution in [0.15, 0.2) is 18.2 Å². The zero-order valence-electron chi connectivity index (χ0n) is 19.4. The first-order valence-electron chi connectivity index (χ1n) is 11.8. The molecule has 0 spiro atoms. The van der Waals surface area contributed by atoms with Gasteiger partial charge in [0.1, 0.15) is 40.3 Å². The molecule has 182 valence electrons. The van der Waals surface area contributed by atoms with Gasteiger partial charge in [0.05, 0.1) is 11.6 Å². The number of rotatable bonds is 3. The second-order valence-electron chi connectivity index (χ2n) is 9.04. The van der Waals surface area contributed by atoms with Crippen LogP contribution in [0.4, 0.5) is 10.2 Å². The normalized spacial score (nSPS) is 23.2. The van der Waals surface area contributed by atoms with Crippen LogP contribution in [-0.4, -0.2) is 90.3 Å². The summed E-state index contributed by atoms with van der Waals surface area (Å²) in [5.74, 6) is -0.479. The number of pyridine rings is 1. The molecule has 1 aromatic heterocycles. The van der Waals surface area contributed by atoms with E-state index in [0.29, 0.717) is 37.6 Å². The molecule has 0 saturated carbocycles. The van der Waals surface area contributed by atoms with Crippen LogP contribution in [0.2, 0.25) is 5.02 Å². The van der Waals surface area contributed by atoms with E-state index in [4.69, 9.17) is 21.3 Å². The average molecular weight is 490 g/mol. The number of anilines is 1. The van der Waals surface area contributed by atoms with Crippen LogP contribution in [0.1, 0.15) is 24.2 Å². The van der Waals surface area contributed by atoms with Crippen molar-refractivity contribution in [2.75, 3.05) is 57.3 Å². The Morgan fingerprint density at radius 1 is 1.26 bits per heavy atom. The van der Waals surface area contributed by atoms with E-state index in [1.165, 1.54) is 18.2 Å². The zero-order chi connectivity index (χ0) is 24.0. The molecule has 2 aromatic rings. The van der Waals surface area contributed by atoms with Gasteiger partial charge in [0, 0.05) is 45.3 Å². The number of carbonyl (C=O) groups is 1. The Morgan fingerprint density at radius 2 is 2.09 bits per heavy atom. The molecule has 2 fully saturated rings. The topological polar surface area (TPSA) is 81.2 Å². The molecule has 3 aliphatic heterocycles. The minimum atomic E-state index is -0.647. The number of ether oxygens (including phenoxy) is 1. The number of hydrogen-bond acceptors (Lipinski definition) is 7. The minimum absolute atomic E-state index is 0.0279. The molecule has 0 aliphatic carbocycles. The fraction of sp³-hybridized carbons (Fsp3) is 0.500. The van der Waals surface area contributed by atoms with Crippen LogP contribution in [0.5, 0.6) is 11.5 Å². The first-order chi connectivity index (χ1) is 16.4. The molecule has 5 rings (SSSR count). The van der Waals surface area contributed by atoms with Crippen molar-refractivity contribution in [2.24, 2.45) is 0 Å². The maximum atomic E-state index is 14.9. The van der Waals surface area contributed by atoms with E-state index in [0.717, 1.165) is 19.6 Å². The number of halogens is 2. The Balaban J connectivity index is 1.72. The van der Waals surface area contributed by atoms with Crippen LogP contribution >= 0.6 is 11.6 Å². The third kappa shape index (κ3) is 3.85. The number of benzene rings is 1. The van der Waals surface area contributed by atoms with Gasteiger partial charge >= 0.3 is 0 Å². The number of hydrogen-bond donors (Lipinski definition) is 2. The van der Waals surface area contributed by atoms with Gasteiger partial charge in [-0.15, -0.1) is 0 Å². The van der Waals surface area contributed by atoms with Crippen LogP contribution in [0.3, 0.4) is 0 Å². The Labute approximate surface area is 203 Å². The summed E-state index contributed by atoms with van der Waals surface area (Å²) in [5.41, 5.74) is 0.281. The summed E-state index contributed by atoms with van der Waals surface area (Å²) in [4.78, 5) is 24.8. The van der Waals surface area contributed by atoms with Crippen molar-refractivity contribution >= 4 is 23.3 Å². The summed E-state index contributed by atoms with van der Waals surface area (Å²) in [5, 5.41) is 13.8. The molecule has 0 radical (unpaired) electrons. The molecule has 8 nitrogen and oxygen atoms in total. The predicted molar refractivity (Wildman–Crippen MR) is 128 cm³/mol. The van der Waals surface area contributed by atoms with Gasteiger partial charge in [-0.25, -0.2) is 9.37 Å². The minimum Gasteiger partial charge on any atom is -0.507 e. The molecular weight excluding hydrogens is 461 g/mol. The van der Waals surface area contributed by atoms with E-state index < -0.39 is 5.82 Å². The number of aromatic hydroxyl groups is 1. The van der Waals surface area contributed by atoms with Gasteiger partial charge < -0.3 is 25.0 Å². The number of nitrogens with one attached hydrogen (secondary N) is 1. The lowest BCUT2D eigenvalue weighted by atomic mass is 10.0. The summed E-state index contributed by atoms with van der Waals surface area (Å²) in [6, 6.07) is 3.98. The number of likely N-dealkylation sites (N-methyl/N-ethyl adjacent to an activating group) is 1. The number of carbonyl (C=O) groups excluding carboxylic acids is 1. The van der Waals surface area contributed by atoms with Crippen molar-refractivity contribution in [3.63, 3.8) is 0 Å². The van der Waals surface area contributed by atoms with E-state index in [1.807, 2.05) is 4.90 Å². The summed E-state index contributed by atoms with van der Waals surface area (Å²) in [6.07, 6.45) is 0. The highest BCUT2D eigenvalue weighted by Crippen LogP contribution is 2.46. The van der Waals surface area contributed by atoms with Crippen molar-refractivity contribution in [3.8, 4) is 22.8 Å². The monoisotopic (exact) mass is 489 g/mol. The van der Waals surface area contributed by atoms with Gasteiger partial charge in [-0.2, -0.15) is 0 Å². The van der Waals surface area contributed by atoms with Gasteiger partial charge in [-0.05, 0) is 25.6 Å². The maximum Gasteiger partial charge on any atom is 0.261 e. The number of fused-ring (bicyclic) bond motifs is 2. The maximum absolute atomic E-state index is 14.9. The number of aromatic nitrogens is 1. The Kier molecular flexibility index (Phi) is 6.26. The van der Waals surface area contributed by atoms with E-state index >= 15 is 0 Å². The Bertz CT molecular complexity index is 1100. The smallest absolute Gasteiger partial charge is 0.261 e. The highest BCUT2D eigenvalue weighted by molar-refractivity contribution is 6.35. The third-order valence-corrected chi connectivity index (χ3v) is 7.33. The molecule has 2 saturated heterocycles. The molecule has 10 heteroatoms. The first-order valence-corrected chi connectivity index (χ1v) is 12.1. The summed E-state index contributed by atoms with van der Waals surface area (Å²) < 4.78 is 21.0. The molecule has 4 heterocycles. The van der Waals surface area contributed by atoms with Gasteiger partial charge in [-0.3, -0.25) is 9.69 Å². The van der Waals surface area contributed by atoms with Crippen LogP contribution in [0.25, 0.3) is 11.3 Å². The van der Waals surface area contributed by atoms with Crippen LogP contribution < -0.4 is 15.0 Å². The average Bonchev–Trinajstić information content (AvgIpc) is 2.98. The molecule has 3 aliphatic rings. The SMILES string of the molecule is CCN1CCN(c2nc(-c3c(O)cccc3F)c(Cl)c3c2C(=O)N2CCNC[C@@H]2CO3)[C@@H](C)C1. The second-order valence-corrected chi connectivity index (χ2v) is 9.42. The standard InChI is InChI=1S/C24H29ClFN5O3/c1-3-29-9-10-30(14(2)12-29)23-19-22(34-13-15-11-27-7-8-31(15)24(19)33)20(25)21(28-23)18-16(26)5-4-6-17(18)32/h4-6,14-15,27,32H,3,7-13H2,1-2H3/t14-,15+/m0/s1. The van der Waals surface area contributed by atoms with E-state index in [2.05, 4.69) is 29.0 Å². The van der Waals surface area contributed by atoms with E-state index in [1.54, 1.807) is 0 Å². The number of phenols is 1. The molecule has 2 N–H and O–H groups in total. The summed E-state index contributed by atoms with van der Waals surface area (Å²) in [6.45, 7) is 9.53. The largest absolute Gasteiger partial charge is 0.507 e. The van der Waals surface area contributed by atoms with Gasteiger partial charge in [0.15, 0.2) is 5.75 Å². The molecule has 34 heavy (non-hydrogen) atoms. The van der Waals surface area contributed by atoms with Crippen molar-refractivity contribution in [1.29, 1.82) is 0 Å². The second kappa shape index (κ2) is 9.20. The number of piperazine rings is 2. The molecule has 1 amide bonds. The zero-order valence-corrected chi connectivity index (χ0v) is 20.1. The van der Waals surface area contributed by atoms with Crippen molar-refractivity contribution < 1.29 is 19.0 Å². The quantitative estimate of drug-likeness (QED) is 0.686. The van der Waals surface area contributed by atoms with Crippen LogP contribution in [0, 0.1) is 5.82 Å². The lowest BCUT2D eigenvalue weighted by Crippen LogP contribution is -2.55. The summed E-state index contributed by atoms with van der Waals surface area (Å²) in [7, 11) is 0. The van der Waals surface area contributed by atoms with Crippen molar-refractivity contribution in [1.82, 2.24) is 20.1 Å². The Hall–Kier alpha value is -2.62. The number of phenolic OH excluding ortho intramolecular Hbond substituents is 1. The summed E-state index contributed by atoms with van der Waals surface area (Å²) >= 11 is 6.75. The third-order valence-electron chi connectivity index (χ3n) is 6.98. The molecule has 1 aromatic carbocycles. The number of amides is 1. The van der Waals surface area contributed by atoms with Crippen molar-refractivity contribution in [2.45, 2.75) is 25.9 Å². The fourth-order valence-electron chi connectivity index (χ4n) is 5.11. The van der Waals surface area contributed by atoms with Gasteiger partial charge in [0.25, 0.3) is 5.91 Å². The molecule has 0 unspecified atom stereocenters. The van der Waals surface area contributed by atoms with Crippen LogP contribution in [-0.2, 0) is 0 Å². The lowest BCUT2D eigenvalue weighted by molar-refractivity contribution is 0.0606. The van der Waals surface area contributed by atoms with Crippen molar-refractivity contribution in [3.05, 3.63) is 34.6 Å². The predicted octanol–water partition coefficient (Wildman–Crippen LogP) is 2.58. The molecule has 2 atom stereocenters. The number of nitrogens with zero attached hydrogens (tertiary/aromatic N) is 4. The van der Waals surface area contributed by atoms with E-state index in [9.17, 15) is 14.3 Å². The van der Waals surface area contributed by atoms with E-state index in [-0.39, 0.29) is 52.4 Å². The highest BCUT2D eigenvalue weighted by Gasteiger charge is 2.40. The van der Waals surface area contributed by atoms with Gasteiger partial charge in [-0.1, -0.05) is 24.6 Å². The van der Waals surface area contributed by atoms with Gasteiger partial charge in [0.2, 0.25) is 0 Å². The lowest BCUT2D eigenvalue weighted by Gasteiger charge is -2.41. The molecular formula is C24H29ClFN5O3.